The van der Waals surface area contributed by atoms with Gasteiger partial charge in [-0.2, -0.15) is 0 Å². The minimum Gasteiger partial charge on any atom is -0.377 e. The van der Waals surface area contributed by atoms with Gasteiger partial charge in [0.15, 0.2) is 5.82 Å². The molecule has 7 heteroatoms. The van der Waals surface area contributed by atoms with Crippen LogP contribution < -0.4 is 4.90 Å². The maximum atomic E-state index is 12.7. The van der Waals surface area contributed by atoms with Gasteiger partial charge >= 0.3 is 0 Å². The number of rotatable bonds is 6. The summed E-state index contributed by atoms with van der Waals surface area (Å²) >= 11 is 0. The van der Waals surface area contributed by atoms with Crippen LogP contribution in [-0.4, -0.2) is 66.8 Å². The van der Waals surface area contributed by atoms with Crippen molar-refractivity contribution >= 4 is 11.7 Å². The van der Waals surface area contributed by atoms with Crippen molar-refractivity contribution in [2.75, 3.05) is 44.9 Å². The van der Waals surface area contributed by atoms with Crippen molar-refractivity contribution in [3.05, 3.63) is 18.1 Å². The van der Waals surface area contributed by atoms with E-state index in [4.69, 9.17) is 9.47 Å². The number of hydrogen-bond acceptors (Lipinski definition) is 6. The first-order valence-electron chi connectivity index (χ1n) is 9.22. The zero-order valence-corrected chi connectivity index (χ0v) is 15.2. The van der Waals surface area contributed by atoms with Crippen LogP contribution in [0.5, 0.6) is 0 Å². The Balaban J connectivity index is 1.68. The van der Waals surface area contributed by atoms with E-state index in [-0.39, 0.29) is 24.7 Å². The van der Waals surface area contributed by atoms with Crippen molar-refractivity contribution in [1.82, 2.24) is 14.9 Å². The van der Waals surface area contributed by atoms with Crippen LogP contribution in [0.3, 0.4) is 0 Å². The van der Waals surface area contributed by atoms with E-state index in [0.29, 0.717) is 25.6 Å². The number of nitrogens with zero attached hydrogens (tertiary/aromatic N) is 4. The highest BCUT2D eigenvalue weighted by Gasteiger charge is 2.31. The lowest BCUT2D eigenvalue weighted by Gasteiger charge is -2.35. The van der Waals surface area contributed by atoms with E-state index in [2.05, 4.69) is 16.9 Å². The quantitative estimate of drug-likeness (QED) is 0.781. The Kier molecular flexibility index (Phi) is 6.20. The number of carbonyl (C=O) groups excluding carboxylic acids is 1. The molecule has 0 bridgehead atoms. The smallest absolute Gasteiger partial charge is 0.249 e. The summed E-state index contributed by atoms with van der Waals surface area (Å²) in [6.45, 7) is 4.58. The Morgan fingerprint density at radius 3 is 3.00 bits per heavy atom. The summed E-state index contributed by atoms with van der Waals surface area (Å²) in [6.07, 6.45) is 6.51. The van der Waals surface area contributed by atoms with E-state index in [1.807, 2.05) is 22.9 Å². The summed E-state index contributed by atoms with van der Waals surface area (Å²) in [6, 6.07) is 1.63. The molecule has 2 heterocycles. The van der Waals surface area contributed by atoms with Gasteiger partial charge < -0.3 is 19.3 Å². The van der Waals surface area contributed by atoms with Crippen LogP contribution in [0.2, 0.25) is 0 Å². The second-order valence-corrected chi connectivity index (χ2v) is 6.68. The Morgan fingerprint density at radius 2 is 2.24 bits per heavy atom. The third kappa shape index (κ3) is 4.46. The van der Waals surface area contributed by atoms with Gasteiger partial charge in [-0.3, -0.25) is 4.79 Å². The highest BCUT2D eigenvalue weighted by atomic mass is 16.5. The van der Waals surface area contributed by atoms with E-state index >= 15 is 0 Å². The molecule has 2 fully saturated rings. The second kappa shape index (κ2) is 8.58. The van der Waals surface area contributed by atoms with Gasteiger partial charge in [0.1, 0.15) is 18.5 Å². The fourth-order valence-electron chi connectivity index (χ4n) is 3.34. The predicted octanol–water partition coefficient (Wildman–Crippen LogP) is 1.79. The predicted molar refractivity (Wildman–Crippen MR) is 94.5 cm³/mol. The standard InChI is InChI=1S/C18H28N4O3/c1-3-21(2)16-8-9-19-18(20-16)15-12-24-11-10-22(15)17(23)13-25-14-6-4-5-7-14/h8-9,14-15H,3-7,10-13H2,1-2H3. The highest BCUT2D eigenvalue weighted by molar-refractivity contribution is 5.78. The van der Waals surface area contributed by atoms with Crippen LogP contribution in [0, 0.1) is 0 Å². The van der Waals surface area contributed by atoms with Crippen molar-refractivity contribution in [2.24, 2.45) is 0 Å². The summed E-state index contributed by atoms with van der Waals surface area (Å²) in [5.74, 6) is 1.48. The molecule has 25 heavy (non-hydrogen) atoms. The summed E-state index contributed by atoms with van der Waals surface area (Å²) in [4.78, 5) is 25.6. The second-order valence-electron chi connectivity index (χ2n) is 6.68. The number of carbonyl (C=O) groups is 1. The van der Waals surface area contributed by atoms with Gasteiger partial charge in [-0.1, -0.05) is 12.8 Å². The van der Waals surface area contributed by atoms with Crippen molar-refractivity contribution in [3.63, 3.8) is 0 Å². The highest BCUT2D eigenvalue weighted by Crippen LogP contribution is 2.24. The monoisotopic (exact) mass is 348 g/mol. The molecule has 1 aliphatic heterocycles. The third-order valence-electron chi connectivity index (χ3n) is 5.02. The molecular formula is C18H28N4O3. The molecule has 0 N–H and O–H groups in total. The summed E-state index contributed by atoms with van der Waals surface area (Å²) < 4.78 is 11.4. The molecule has 0 aromatic carbocycles. The molecule has 1 aromatic rings. The van der Waals surface area contributed by atoms with Crippen molar-refractivity contribution < 1.29 is 14.3 Å². The summed E-state index contributed by atoms with van der Waals surface area (Å²) in [7, 11) is 1.99. The van der Waals surface area contributed by atoms with E-state index < -0.39 is 0 Å². The number of aromatic nitrogens is 2. The van der Waals surface area contributed by atoms with Crippen molar-refractivity contribution in [3.8, 4) is 0 Å². The molecule has 2 aliphatic rings. The molecule has 1 saturated carbocycles. The van der Waals surface area contributed by atoms with Gasteiger partial charge in [-0.25, -0.2) is 9.97 Å². The minimum absolute atomic E-state index is 0.00181. The molecule has 3 rings (SSSR count). The maximum absolute atomic E-state index is 12.7. The Morgan fingerprint density at radius 1 is 1.44 bits per heavy atom. The van der Waals surface area contributed by atoms with Crippen LogP contribution in [0.1, 0.15) is 44.5 Å². The maximum Gasteiger partial charge on any atom is 0.249 e. The van der Waals surface area contributed by atoms with Crippen LogP contribution in [0.25, 0.3) is 0 Å². The van der Waals surface area contributed by atoms with Crippen LogP contribution >= 0.6 is 0 Å². The lowest BCUT2D eigenvalue weighted by atomic mass is 10.2. The number of morpholine rings is 1. The van der Waals surface area contributed by atoms with Gasteiger partial charge in [0.25, 0.3) is 0 Å². The molecule has 1 atom stereocenters. The normalized spacial score (nSPS) is 21.5. The zero-order valence-electron chi connectivity index (χ0n) is 15.2. The van der Waals surface area contributed by atoms with E-state index in [1.54, 1.807) is 6.20 Å². The first-order chi connectivity index (χ1) is 12.2. The molecule has 0 spiro atoms. The average molecular weight is 348 g/mol. The first kappa shape index (κ1) is 18.1. The van der Waals surface area contributed by atoms with E-state index in [1.165, 1.54) is 12.8 Å². The SMILES string of the molecule is CCN(C)c1ccnc(C2COCCN2C(=O)COC2CCCC2)n1. The first-order valence-corrected chi connectivity index (χ1v) is 9.22. The molecule has 0 radical (unpaired) electrons. The lowest BCUT2D eigenvalue weighted by molar-refractivity contribution is -0.147. The fourth-order valence-corrected chi connectivity index (χ4v) is 3.34. The number of amides is 1. The number of anilines is 1. The Labute approximate surface area is 149 Å². The topological polar surface area (TPSA) is 67.8 Å². The van der Waals surface area contributed by atoms with Crippen LogP contribution in [0.4, 0.5) is 5.82 Å². The lowest BCUT2D eigenvalue weighted by Crippen LogP contribution is -2.46. The van der Waals surface area contributed by atoms with Gasteiger partial charge in [0.05, 0.1) is 19.3 Å². The number of hydrogen-bond donors (Lipinski definition) is 0. The van der Waals surface area contributed by atoms with Gasteiger partial charge in [0, 0.05) is 26.3 Å². The molecule has 1 aliphatic carbocycles. The molecule has 7 nitrogen and oxygen atoms in total. The molecule has 138 valence electrons. The van der Waals surface area contributed by atoms with Crippen molar-refractivity contribution in [2.45, 2.75) is 44.8 Å². The third-order valence-corrected chi connectivity index (χ3v) is 5.02. The van der Waals surface area contributed by atoms with Gasteiger partial charge in [-0.05, 0) is 25.8 Å². The molecule has 1 saturated heterocycles. The Bertz CT molecular complexity index is 577. The van der Waals surface area contributed by atoms with Crippen molar-refractivity contribution in [1.29, 1.82) is 0 Å². The molecule has 1 amide bonds. The largest absolute Gasteiger partial charge is 0.377 e. The van der Waals surface area contributed by atoms with E-state index in [9.17, 15) is 4.79 Å². The van der Waals surface area contributed by atoms with Gasteiger partial charge in [-0.15, -0.1) is 0 Å². The molecule has 1 aromatic heterocycles. The average Bonchev–Trinajstić information content (AvgIpc) is 3.19. The van der Waals surface area contributed by atoms with E-state index in [0.717, 1.165) is 25.2 Å². The van der Waals surface area contributed by atoms with Crippen LogP contribution in [-0.2, 0) is 14.3 Å². The minimum atomic E-state index is -0.251. The van der Waals surface area contributed by atoms with Gasteiger partial charge in [0.2, 0.25) is 5.91 Å². The Hall–Kier alpha value is -1.73. The summed E-state index contributed by atoms with van der Waals surface area (Å²) in [5, 5.41) is 0. The number of ether oxygens (including phenoxy) is 2. The van der Waals surface area contributed by atoms with Crippen LogP contribution in [0.15, 0.2) is 12.3 Å². The molecule has 1 unspecified atom stereocenters. The zero-order chi connectivity index (χ0) is 17.6. The summed E-state index contributed by atoms with van der Waals surface area (Å²) in [5.41, 5.74) is 0. The fraction of sp³-hybridized carbons (Fsp3) is 0.722. The molecular weight excluding hydrogens is 320 g/mol.